The topological polar surface area (TPSA) is 35.0 Å². The summed E-state index contributed by atoms with van der Waals surface area (Å²) in [5.74, 6) is 1.37. The SMILES string of the molecule is CC1COc2c1c1nc3ccccc3nc1c1c3c(ccc21)C(C)(C)CCC3. The molecule has 0 saturated carbocycles. The summed E-state index contributed by atoms with van der Waals surface area (Å²) in [5, 5.41) is 2.49. The van der Waals surface area contributed by atoms with Crippen LogP contribution in [0.1, 0.15) is 56.2 Å². The Bertz CT molecular complexity index is 1290. The number of benzene rings is 3. The predicted molar refractivity (Wildman–Crippen MR) is 114 cm³/mol. The zero-order chi connectivity index (χ0) is 19.0. The first-order chi connectivity index (χ1) is 13.5. The number of para-hydroxylation sites is 2. The minimum Gasteiger partial charge on any atom is -0.492 e. The molecule has 1 aliphatic carbocycles. The summed E-state index contributed by atoms with van der Waals surface area (Å²) >= 11 is 0. The van der Waals surface area contributed by atoms with Gasteiger partial charge in [-0.1, -0.05) is 45.0 Å². The van der Waals surface area contributed by atoms with Crippen molar-refractivity contribution in [3.05, 3.63) is 53.1 Å². The summed E-state index contributed by atoms with van der Waals surface area (Å²) in [6.07, 6.45) is 3.56. The van der Waals surface area contributed by atoms with Crippen LogP contribution < -0.4 is 4.74 Å². The van der Waals surface area contributed by atoms with E-state index in [4.69, 9.17) is 14.7 Å². The van der Waals surface area contributed by atoms with Crippen molar-refractivity contribution in [2.24, 2.45) is 0 Å². The molecule has 0 fully saturated rings. The van der Waals surface area contributed by atoms with E-state index in [2.05, 4.69) is 45.0 Å². The largest absolute Gasteiger partial charge is 0.492 e. The van der Waals surface area contributed by atoms with Crippen molar-refractivity contribution in [2.75, 3.05) is 6.61 Å². The van der Waals surface area contributed by atoms with Gasteiger partial charge in [0.15, 0.2) is 0 Å². The van der Waals surface area contributed by atoms with Crippen LogP contribution in [0, 0.1) is 0 Å². The summed E-state index contributed by atoms with van der Waals surface area (Å²) in [7, 11) is 0. The second-order valence-corrected chi connectivity index (χ2v) is 9.12. The van der Waals surface area contributed by atoms with E-state index >= 15 is 0 Å². The third-order valence-corrected chi connectivity index (χ3v) is 6.79. The molecule has 2 heterocycles. The lowest BCUT2D eigenvalue weighted by Crippen LogP contribution is -2.24. The third kappa shape index (κ3) is 2.05. The predicted octanol–water partition coefficient (Wildman–Crippen LogP) is 6.05. The fraction of sp³-hybridized carbons (Fsp3) is 0.360. The number of aryl methyl sites for hydroxylation is 1. The Hall–Kier alpha value is -2.68. The molecular weight excluding hydrogens is 344 g/mol. The smallest absolute Gasteiger partial charge is 0.133 e. The molecule has 3 aromatic carbocycles. The highest BCUT2D eigenvalue weighted by atomic mass is 16.5. The molecule has 0 bridgehead atoms. The van der Waals surface area contributed by atoms with E-state index in [1.54, 1.807) is 0 Å². The molecule has 1 aliphatic heterocycles. The third-order valence-electron chi connectivity index (χ3n) is 6.79. The van der Waals surface area contributed by atoms with Crippen LogP contribution in [0.5, 0.6) is 5.75 Å². The quantitative estimate of drug-likeness (QED) is 0.280. The maximum absolute atomic E-state index is 6.22. The molecule has 28 heavy (non-hydrogen) atoms. The van der Waals surface area contributed by atoms with Gasteiger partial charge in [-0.25, -0.2) is 9.97 Å². The highest BCUT2D eigenvalue weighted by molar-refractivity contribution is 6.13. The molecule has 1 atom stereocenters. The van der Waals surface area contributed by atoms with Gasteiger partial charge in [-0.2, -0.15) is 0 Å². The van der Waals surface area contributed by atoms with Crippen molar-refractivity contribution in [1.29, 1.82) is 0 Å². The van der Waals surface area contributed by atoms with E-state index in [-0.39, 0.29) is 5.41 Å². The summed E-state index contributed by atoms with van der Waals surface area (Å²) in [6.45, 7) is 7.69. The van der Waals surface area contributed by atoms with Gasteiger partial charge in [0.25, 0.3) is 0 Å². The average Bonchev–Trinajstić information content (AvgIpc) is 3.08. The molecule has 1 aromatic heterocycles. The van der Waals surface area contributed by atoms with Crippen LogP contribution in [-0.2, 0) is 11.8 Å². The van der Waals surface area contributed by atoms with Crippen LogP contribution >= 0.6 is 0 Å². The van der Waals surface area contributed by atoms with Crippen molar-refractivity contribution in [2.45, 2.75) is 51.4 Å². The fourth-order valence-electron chi connectivity index (χ4n) is 5.36. The molecule has 3 heteroatoms. The normalized spacial score (nSPS) is 20.3. The second kappa shape index (κ2) is 5.44. The van der Waals surface area contributed by atoms with Crippen LogP contribution in [0.3, 0.4) is 0 Å². The zero-order valence-electron chi connectivity index (χ0n) is 16.7. The minimum absolute atomic E-state index is 0.200. The Kier molecular flexibility index (Phi) is 3.16. The molecule has 3 nitrogen and oxygen atoms in total. The van der Waals surface area contributed by atoms with Gasteiger partial charge >= 0.3 is 0 Å². The number of hydrogen-bond donors (Lipinski definition) is 0. The van der Waals surface area contributed by atoms with Crippen molar-refractivity contribution in [1.82, 2.24) is 9.97 Å². The minimum atomic E-state index is 0.200. The van der Waals surface area contributed by atoms with Gasteiger partial charge < -0.3 is 4.74 Å². The van der Waals surface area contributed by atoms with Gasteiger partial charge in [0.05, 0.1) is 28.7 Å². The molecule has 4 aromatic rings. The molecule has 0 N–H and O–H groups in total. The Morgan fingerprint density at radius 2 is 1.75 bits per heavy atom. The Labute approximate surface area is 164 Å². The number of fused-ring (bicyclic) bond motifs is 9. The molecule has 0 saturated heterocycles. The lowest BCUT2D eigenvalue weighted by molar-refractivity contribution is 0.340. The molecule has 1 unspecified atom stereocenters. The molecule has 0 amide bonds. The summed E-state index contributed by atoms with van der Waals surface area (Å²) < 4.78 is 6.22. The van der Waals surface area contributed by atoms with E-state index in [0.717, 1.165) is 40.8 Å². The second-order valence-electron chi connectivity index (χ2n) is 9.12. The summed E-state index contributed by atoms with van der Waals surface area (Å²) in [5.41, 5.74) is 8.36. The highest BCUT2D eigenvalue weighted by Crippen LogP contribution is 2.49. The lowest BCUT2D eigenvalue weighted by atomic mass is 9.71. The lowest BCUT2D eigenvalue weighted by Gasteiger charge is -2.33. The number of rotatable bonds is 0. The summed E-state index contributed by atoms with van der Waals surface area (Å²) in [6, 6.07) is 12.8. The standard InChI is InChI=1S/C25H24N2O/c1-14-13-28-24-16-10-11-17-15(7-6-12-25(17,2)3)21(16)23-22(20(14)24)26-18-8-4-5-9-19(18)27-23/h4-5,8-11,14H,6-7,12-13H2,1-3H3. The van der Waals surface area contributed by atoms with E-state index < -0.39 is 0 Å². The van der Waals surface area contributed by atoms with Gasteiger partial charge in [-0.3, -0.25) is 0 Å². The van der Waals surface area contributed by atoms with Gasteiger partial charge in [0.1, 0.15) is 5.75 Å². The maximum atomic E-state index is 6.22. The number of ether oxygens (including phenoxy) is 1. The van der Waals surface area contributed by atoms with Gasteiger partial charge in [-0.05, 0) is 47.9 Å². The van der Waals surface area contributed by atoms with Gasteiger partial charge in [-0.15, -0.1) is 0 Å². The Balaban J connectivity index is 1.87. The molecule has 2 aliphatic rings. The fourth-order valence-corrected chi connectivity index (χ4v) is 5.36. The van der Waals surface area contributed by atoms with Crippen LogP contribution in [-0.4, -0.2) is 16.6 Å². The van der Waals surface area contributed by atoms with Crippen molar-refractivity contribution < 1.29 is 4.74 Å². The van der Waals surface area contributed by atoms with Gasteiger partial charge in [0.2, 0.25) is 0 Å². The Morgan fingerprint density at radius 3 is 2.54 bits per heavy atom. The van der Waals surface area contributed by atoms with Crippen LogP contribution in [0.2, 0.25) is 0 Å². The average molecular weight is 368 g/mol. The van der Waals surface area contributed by atoms with E-state index in [9.17, 15) is 0 Å². The zero-order valence-corrected chi connectivity index (χ0v) is 16.7. The van der Waals surface area contributed by atoms with Crippen molar-refractivity contribution >= 4 is 32.8 Å². The highest BCUT2D eigenvalue weighted by Gasteiger charge is 2.33. The first kappa shape index (κ1) is 16.3. The van der Waals surface area contributed by atoms with Crippen molar-refractivity contribution in [3.63, 3.8) is 0 Å². The number of nitrogens with zero attached hydrogens (tertiary/aromatic N) is 2. The summed E-state index contributed by atoms with van der Waals surface area (Å²) in [4.78, 5) is 10.2. The van der Waals surface area contributed by atoms with Crippen LogP contribution in [0.25, 0.3) is 32.8 Å². The number of aromatic nitrogens is 2. The van der Waals surface area contributed by atoms with Crippen molar-refractivity contribution in [3.8, 4) is 5.75 Å². The first-order valence-corrected chi connectivity index (χ1v) is 10.4. The van der Waals surface area contributed by atoms with E-state index in [1.165, 1.54) is 40.3 Å². The molecule has 6 rings (SSSR count). The molecular formula is C25H24N2O. The molecule has 0 radical (unpaired) electrons. The maximum Gasteiger partial charge on any atom is 0.133 e. The van der Waals surface area contributed by atoms with Crippen LogP contribution in [0.15, 0.2) is 36.4 Å². The van der Waals surface area contributed by atoms with Gasteiger partial charge in [0, 0.05) is 22.3 Å². The molecule has 0 spiro atoms. The first-order valence-electron chi connectivity index (χ1n) is 10.4. The molecule has 140 valence electrons. The Morgan fingerprint density at radius 1 is 1.00 bits per heavy atom. The van der Waals surface area contributed by atoms with Crippen LogP contribution in [0.4, 0.5) is 0 Å². The van der Waals surface area contributed by atoms with E-state index in [1.807, 2.05) is 12.1 Å². The monoisotopic (exact) mass is 368 g/mol. The van der Waals surface area contributed by atoms with E-state index in [0.29, 0.717) is 5.92 Å². The number of hydrogen-bond acceptors (Lipinski definition) is 3.